The molecular weight excluding hydrogens is 238 g/mol. The van der Waals surface area contributed by atoms with Gasteiger partial charge in [-0.25, -0.2) is 4.98 Å². The summed E-state index contributed by atoms with van der Waals surface area (Å²) in [5.41, 5.74) is 1.78. The number of aromatic nitrogens is 1. The van der Waals surface area contributed by atoms with Crippen molar-refractivity contribution in [2.45, 2.75) is 13.0 Å². The first-order chi connectivity index (χ1) is 9.20. The van der Waals surface area contributed by atoms with Gasteiger partial charge in [-0.15, -0.1) is 0 Å². The van der Waals surface area contributed by atoms with Gasteiger partial charge in [-0.1, -0.05) is 30.3 Å². The van der Waals surface area contributed by atoms with Crippen LogP contribution >= 0.6 is 0 Å². The number of hydrogen-bond donors (Lipinski definition) is 1. The zero-order valence-corrected chi connectivity index (χ0v) is 10.5. The molecule has 1 N–H and O–H groups in total. The maximum absolute atomic E-state index is 12.0. The molecule has 94 valence electrons. The molecule has 1 aromatic heterocycles. The largest absolute Gasteiger partial charge is 0.344 e. The Balaban J connectivity index is 2.06. The molecule has 1 atom stereocenters. The van der Waals surface area contributed by atoms with Crippen molar-refractivity contribution in [1.29, 1.82) is 5.26 Å². The molecule has 4 nitrogen and oxygen atoms in total. The van der Waals surface area contributed by atoms with E-state index in [9.17, 15) is 4.79 Å². The second-order valence-electron chi connectivity index (χ2n) is 4.15. The Morgan fingerprint density at radius 2 is 2.00 bits per heavy atom. The number of carbonyl (C=O) groups excluding carboxylic acids is 1. The quantitative estimate of drug-likeness (QED) is 0.911. The van der Waals surface area contributed by atoms with Crippen molar-refractivity contribution in [3.63, 3.8) is 0 Å². The molecule has 1 heterocycles. The van der Waals surface area contributed by atoms with Crippen LogP contribution in [0.4, 0.5) is 0 Å². The lowest BCUT2D eigenvalue weighted by Crippen LogP contribution is -2.27. The van der Waals surface area contributed by atoms with Gasteiger partial charge >= 0.3 is 0 Å². The predicted octanol–water partition coefficient (Wildman–Crippen LogP) is 2.44. The van der Waals surface area contributed by atoms with E-state index >= 15 is 0 Å². The Bertz CT molecular complexity index is 600. The van der Waals surface area contributed by atoms with Crippen LogP contribution in [0.5, 0.6) is 0 Å². The Hall–Kier alpha value is -2.67. The molecule has 0 saturated carbocycles. The van der Waals surface area contributed by atoms with E-state index in [2.05, 4.69) is 10.3 Å². The highest BCUT2D eigenvalue weighted by atomic mass is 16.1. The Labute approximate surface area is 111 Å². The van der Waals surface area contributed by atoms with Crippen LogP contribution in [-0.2, 0) is 0 Å². The van der Waals surface area contributed by atoms with Crippen molar-refractivity contribution >= 4 is 5.91 Å². The zero-order valence-electron chi connectivity index (χ0n) is 10.5. The van der Waals surface area contributed by atoms with E-state index in [1.54, 1.807) is 12.1 Å². The van der Waals surface area contributed by atoms with E-state index in [-0.39, 0.29) is 11.9 Å². The third-order valence-electron chi connectivity index (χ3n) is 2.77. The monoisotopic (exact) mass is 251 g/mol. The van der Waals surface area contributed by atoms with Crippen LogP contribution in [0.15, 0.2) is 48.7 Å². The second kappa shape index (κ2) is 5.78. The minimum Gasteiger partial charge on any atom is -0.344 e. The Morgan fingerprint density at radius 3 is 2.58 bits per heavy atom. The first kappa shape index (κ1) is 12.8. The number of hydrogen-bond acceptors (Lipinski definition) is 3. The van der Waals surface area contributed by atoms with Crippen LogP contribution in [0.1, 0.15) is 34.6 Å². The minimum absolute atomic E-state index is 0.0915. The highest BCUT2D eigenvalue weighted by Gasteiger charge is 2.12. The van der Waals surface area contributed by atoms with E-state index in [4.69, 9.17) is 5.26 Å². The lowest BCUT2D eigenvalue weighted by atomic mass is 10.1. The van der Waals surface area contributed by atoms with Crippen molar-refractivity contribution in [2.24, 2.45) is 0 Å². The number of pyridine rings is 1. The Kier molecular flexibility index (Phi) is 3.89. The van der Waals surface area contributed by atoms with Gasteiger partial charge in [-0.05, 0) is 24.6 Å². The van der Waals surface area contributed by atoms with Gasteiger partial charge < -0.3 is 5.32 Å². The summed E-state index contributed by atoms with van der Waals surface area (Å²) in [7, 11) is 0. The molecule has 0 aliphatic heterocycles. The maximum atomic E-state index is 12.0. The number of benzene rings is 1. The van der Waals surface area contributed by atoms with Crippen LogP contribution in [0.25, 0.3) is 0 Å². The number of rotatable bonds is 3. The summed E-state index contributed by atoms with van der Waals surface area (Å²) >= 11 is 0. The molecule has 1 amide bonds. The summed E-state index contributed by atoms with van der Waals surface area (Å²) in [6.45, 7) is 1.91. The lowest BCUT2D eigenvalue weighted by molar-refractivity contribution is 0.0935. The van der Waals surface area contributed by atoms with E-state index in [0.29, 0.717) is 11.3 Å². The normalized spacial score (nSPS) is 11.4. The number of amides is 1. The summed E-state index contributed by atoms with van der Waals surface area (Å²) in [4.78, 5) is 15.9. The molecule has 0 aliphatic carbocycles. The average molecular weight is 251 g/mol. The summed E-state index contributed by atoms with van der Waals surface area (Å²) < 4.78 is 0. The SMILES string of the molecule is CC(NC(=O)c1ccc(C#N)cn1)c1ccccc1. The number of nitrogens with zero attached hydrogens (tertiary/aromatic N) is 2. The van der Waals surface area contributed by atoms with Crippen molar-refractivity contribution in [2.75, 3.05) is 0 Å². The third-order valence-corrected chi connectivity index (χ3v) is 2.77. The van der Waals surface area contributed by atoms with Gasteiger partial charge in [-0.2, -0.15) is 5.26 Å². The van der Waals surface area contributed by atoms with Gasteiger partial charge in [-0.3, -0.25) is 4.79 Å². The van der Waals surface area contributed by atoms with Crippen LogP contribution in [0.2, 0.25) is 0 Å². The molecule has 1 aromatic carbocycles. The number of carbonyl (C=O) groups is 1. The van der Waals surface area contributed by atoms with Crippen LogP contribution in [0.3, 0.4) is 0 Å². The van der Waals surface area contributed by atoms with Gasteiger partial charge in [0.25, 0.3) is 5.91 Å². The maximum Gasteiger partial charge on any atom is 0.270 e. The average Bonchev–Trinajstić information content (AvgIpc) is 2.48. The van der Waals surface area contributed by atoms with Gasteiger partial charge in [0.15, 0.2) is 0 Å². The van der Waals surface area contributed by atoms with E-state index in [1.165, 1.54) is 6.20 Å². The molecule has 0 saturated heterocycles. The predicted molar refractivity (Wildman–Crippen MR) is 71.3 cm³/mol. The number of nitriles is 1. The topological polar surface area (TPSA) is 65.8 Å². The van der Waals surface area contributed by atoms with Crippen molar-refractivity contribution < 1.29 is 4.79 Å². The summed E-state index contributed by atoms with van der Waals surface area (Å²) in [6, 6.07) is 14.7. The van der Waals surface area contributed by atoms with Gasteiger partial charge in [0.05, 0.1) is 11.6 Å². The molecule has 0 radical (unpaired) electrons. The number of nitrogens with one attached hydrogen (secondary N) is 1. The molecule has 0 fully saturated rings. The molecule has 2 rings (SSSR count). The molecule has 0 aliphatic rings. The molecule has 2 aromatic rings. The zero-order chi connectivity index (χ0) is 13.7. The second-order valence-corrected chi connectivity index (χ2v) is 4.15. The molecule has 19 heavy (non-hydrogen) atoms. The first-order valence-electron chi connectivity index (χ1n) is 5.92. The van der Waals surface area contributed by atoms with Crippen LogP contribution < -0.4 is 5.32 Å². The highest BCUT2D eigenvalue weighted by molar-refractivity contribution is 5.92. The molecule has 4 heteroatoms. The Morgan fingerprint density at radius 1 is 1.26 bits per heavy atom. The third kappa shape index (κ3) is 3.17. The minimum atomic E-state index is -0.249. The molecule has 1 unspecified atom stereocenters. The molecule has 0 spiro atoms. The fourth-order valence-electron chi connectivity index (χ4n) is 1.69. The standard InChI is InChI=1S/C15H13N3O/c1-11(13-5-3-2-4-6-13)18-15(19)14-8-7-12(9-16)10-17-14/h2-8,10-11H,1H3,(H,18,19). The first-order valence-corrected chi connectivity index (χ1v) is 5.92. The van der Waals surface area contributed by atoms with Gasteiger partial charge in [0.1, 0.15) is 11.8 Å². The van der Waals surface area contributed by atoms with E-state index in [1.807, 2.05) is 43.3 Å². The van der Waals surface area contributed by atoms with Gasteiger partial charge in [0.2, 0.25) is 0 Å². The summed E-state index contributed by atoms with van der Waals surface area (Å²) in [6.07, 6.45) is 1.39. The fourth-order valence-corrected chi connectivity index (χ4v) is 1.69. The summed E-state index contributed by atoms with van der Waals surface area (Å²) in [5, 5.41) is 11.5. The van der Waals surface area contributed by atoms with E-state index in [0.717, 1.165) is 5.56 Å². The fraction of sp³-hybridized carbons (Fsp3) is 0.133. The van der Waals surface area contributed by atoms with Crippen molar-refractivity contribution in [3.8, 4) is 6.07 Å². The van der Waals surface area contributed by atoms with Crippen LogP contribution in [-0.4, -0.2) is 10.9 Å². The molecular formula is C15H13N3O. The van der Waals surface area contributed by atoms with Crippen molar-refractivity contribution in [3.05, 3.63) is 65.5 Å². The van der Waals surface area contributed by atoms with Crippen LogP contribution in [0, 0.1) is 11.3 Å². The molecule has 0 bridgehead atoms. The highest BCUT2D eigenvalue weighted by Crippen LogP contribution is 2.11. The lowest BCUT2D eigenvalue weighted by Gasteiger charge is -2.13. The smallest absolute Gasteiger partial charge is 0.270 e. The van der Waals surface area contributed by atoms with E-state index < -0.39 is 0 Å². The van der Waals surface area contributed by atoms with Gasteiger partial charge in [0, 0.05) is 6.20 Å². The summed E-state index contributed by atoms with van der Waals surface area (Å²) in [5.74, 6) is -0.249. The van der Waals surface area contributed by atoms with Crippen molar-refractivity contribution in [1.82, 2.24) is 10.3 Å².